The molecular weight excluding hydrogens is 400 g/mol. The van der Waals surface area contributed by atoms with Gasteiger partial charge in [0.1, 0.15) is 0 Å². The fourth-order valence-corrected chi connectivity index (χ4v) is 4.73. The molecule has 0 N–H and O–H groups in total. The number of anilines is 1. The van der Waals surface area contributed by atoms with Crippen LogP contribution >= 0.6 is 34.3 Å². The largest absolute Gasteiger partial charge is 0.337 e. The first kappa shape index (κ1) is 18.2. The lowest BCUT2D eigenvalue weighted by molar-refractivity contribution is 0.0990. The van der Waals surface area contributed by atoms with Crippen molar-refractivity contribution in [1.82, 2.24) is 14.5 Å². The number of nitrogens with zero attached hydrogens (tertiary/aromatic N) is 4. The minimum absolute atomic E-state index is 0.0153. The summed E-state index contributed by atoms with van der Waals surface area (Å²) in [6.45, 7) is 3.34. The van der Waals surface area contributed by atoms with Gasteiger partial charge in [0.05, 0.1) is 21.4 Å². The van der Waals surface area contributed by atoms with Crippen LogP contribution in [0.4, 0.5) is 5.13 Å². The fraction of sp³-hybridized carbons (Fsp3) is 0.211. The van der Waals surface area contributed by atoms with E-state index in [9.17, 15) is 4.79 Å². The SMILES string of the molecule is Cc1c(Cl)ccc2sc(N(CCCn3ccnc3)C(=O)c3cccs3)nc12. The first-order valence-corrected chi connectivity index (χ1v) is 10.6. The average molecular weight is 417 g/mol. The molecule has 8 heteroatoms. The highest BCUT2D eigenvalue weighted by Gasteiger charge is 2.22. The van der Waals surface area contributed by atoms with Gasteiger partial charge in [0.25, 0.3) is 5.91 Å². The molecule has 0 radical (unpaired) electrons. The van der Waals surface area contributed by atoms with Crippen molar-refractivity contribution in [2.45, 2.75) is 19.9 Å². The van der Waals surface area contributed by atoms with Crippen LogP contribution in [0.2, 0.25) is 5.02 Å². The van der Waals surface area contributed by atoms with Crippen LogP contribution in [0.3, 0.4) is 0 Å². The van der Waals surface area contributed by atoms with Gasteiger partial charge >= 0.3 is 0 Å². The van der Waals surface area contributed by atoms with Crippen LogP contribution in [0.25, 0.3) is 10.2 Å². The van der Waals surface area contributed by atoms with Crippen molar-refractivity contribution in [2.24, 2.45) is 0 Å². The molecular formula is C19H17ClN4OS2. The molecule has 0 atom stereocenters. The topological polar surface area (TPSA) is 51.0 Å². The Balaban J connectivity index is 1.64. The molecule has 0 saturated heterocycles. The Morgan fingerprint density at radius 3 is 2.96 bits per heavy atom. The number of aryl methyl sites for hydroxylation is 2. The van der Waals surface area contributed by atoms with Gasteiger partial charge in [0.2, 0.25) is 0 Å². The third kappa shape index (κ3) is 3.76. The Labute approximate surface area is 169 Å². The van der Waals surface area contributed by atoms with Crippen LogP contribution in [-0.2, 0) is 6.54 Å². The van der Waals surface area contributed by atoms with E-state index in [0.29, 0.717) is 21.6 Å². The van der Waals surface area contributed by atoms with Gasteiger partial charge in [0.15, 0.2) is 5.13 Å². The zero-order valence-electron chi connectivity index (χ0n) is 14.6. The number of benzene rings is 1. The van der Waals surface area contributed by atoms with E-state index < -0.39 is 0 Å². The molecule has 0 unspecified atom stereocenters. The monoisotopic (exact) mass is 416 g/mol. The van der Waals surface area contributed by atoms with Gasteiger partial charge in [-0.1, -0.05) is 29.0 Å². The lowest BCUT2D eigenvalue weighted by Crippen LogP contribution is -2.31. The molecule has 138 valence electrons. The molecule has 0 aliphatic carbocycles. The highest BCUT2D eigenvalue weighted by molar-refractivity contribution is 7.22. The number of carbonyl (C=O) groups is 1. The molecule has 0 fully saturated rings. The predicted molar refractivity (Wildman–Crippen MR) is 112 cm³/mol. The summed E-state index contributed by atoms with van der Waals surface area (Å²) in [5.74, 6) is -0.0153. The highest BCUT2D eigenvalue weighted by atomic mass is 35.5. The summed E-state index contributed by atoms with van der Waals surface area (Å²) in [7, 11) is 0. The molecule has 4 aromatic rings. The molecule has 0 aliphatic heterocycles. The van der Waals surface area contributed by atoms with Crippen molar-refractivity contribution >= 4 is 55.5 Å². The number of halogens is 1. The van der Waals surface area contributed by atoms with E-state index in [1.165, 1.54) is 22.7 Å². The number of amides is 1. The Morgan fingerprint density at radius 2 is 2.22 bits per heavy atom. The molecule has 4 rings (SSSR count). The summed E-state index contributed by atoms with van der Waals surface area (Å²) in [5, 5.41) is 3.31. The zero-order valence-corrected chi connectivity index (χ0v) is 17.0. The Bertz CT molecular complexity index is 1060. The summed E-state index contributed by atoms with van der Waals surface area (Å²) in [6.07, 6.45) is 6.28. The second-order valence-corrected chi connectivity index (χ2v) is 8.47. The van der Waals surface area contributed by atoms with Gasteiger partial charge in [-0.3, -0.25) is 9.69 Å². The average Bonchev–Trinajstić information content (AvgIpc) is 3.42. The maximum Gasteiger partial charge on any atom is 0.270 e. The zero-order chi connectivity index (χ0) is 18.8. The van der Waals surface area contributed by atoms with Crippen molar-refractivity contribution in [3.63, 3.8) is 0 Å². The second-order valence-electron chi connectivity index (χ2n) is 6.10. The van der Waals surface area contributed by atoms with Gasteiger partial charge in [-0.2, -0.15) is 0 Å². The van der Waals surface area contributed by atoms with E-state index in [1.807, 2.05) is 47.3 Å². The number of carbonyl (C=O) groups excluding carboxylic acids is 1. The molecule has 0 bridgehead atoms. The smallest absolute Gasteiger partial charge is 0.270 e. The molecule has 3 heterocycles. The van der Waals surface area contributed by atoms with E-state index in [2.05, 4.69) is 4.98 Å². The molecule has 5 nitrogen and oxygen atoms in total. The summed E-state index contributed by atoms with van der Waals surface area (Å²) in [4.78, 5) is 24.4. The highest BCUT2D eigenvalue weighted by Crippen LogP contribution is 2.34. The predicted octanol–water partition coefficient (Wildman–Crippen LogP) is 5.25. The van der Waals surface area contributed by atoms with Crippen LogP contribution in [0.5, 0.6) is 0 Å². The van der Waals surface area contributed by atoms with Crippen LogP contribution in [0, 0.1) is 6.92 Å². The van der Waals surface area contributed by atoms with E-state index in [0.717, 1.165) is 28.7 Å². The minimum Gasteiger partial charge on any atom is -0.337 e. The van der Waals surface area contributed by atoms with Gasteiger partial charge in [-0.15, -0.1) is 11.3 Å². The first-order valence-electron chi connectivity index (χ1n) is 8.50. The molecule has 3 aromatic heterocycles. The molecule has 0 saturated carbocycles. The third-order valence-electron chi connectivity index (χ3n) is 4.30. The fourth-order valence-electron chi connectivity index (χ4n) is 2.85. The normalized spacial score (nSPS) is 11.2. The Hall–Kier alpha value is -2.22. The van der Waals surface area contributed by atoms with Gasteiger partial charge in [-0.05, 0) is 42.5 Å². The van der Waals surface area contributed by atoms with Crippen molar-refractivity contribution in [3.8, 4) is 0 Å². The van der Waals surface area contributed by atoms with Crippen molar-refractivity contribution in [3.05, 3.63) is 63.8 Å². The Morgan fingerprint density at radius 1 is 1.33 bits per heavy atom. The molecule has 0 spiro atoms. The van der Waals surface area contributed by atoms with Crippen molar-refractivity contribution < 1.29 is 4.79 Å². The number of thiophene rings is 1. The minimum atomic E-state index is -0.0153. The van der Waals surface area contributed by atoms with Crippen LogP contribution in [-0.4, -0.2) is 27.0 Å². The first-order chi connectivity index (χ1) is 13.1. The number of fused-ring (bicyclic) bond motifs is 1. The van der Waals surface area contributed by atoms with Gasteiger partial charge < -0.3 is 4.57 Å². The summed E-state index contributed by atoms with van der Waals surface area (Å²) < 4.78 is 3.04. The standard InChI is InChI=1S/C19H17ClN4OS2/c1-13-14(20)5-6-15-17(13)22-19(27-15)24(18(25)16-4-2-11-26-16)9-3-8-23-10-7-21-12-23/h2,4-7,10-12H,3,8-9H2,1H3. The third-order valence-corrected chi connectivity index (χ3v) is 6.61. The van der Waals surface area contributed by atoms with E-state index in [4.69, 9.17) is 16.6 Å². The number of thiazole rings is 1. The van der Waals surface area contributed by atoms with Gasteiger partial charge in [0, 0.05) is 30.5 Å². The number of rotatable bonds is 6. The van der Waals surface area contributed by atoms with E-state index in [-0.39, 0.29) is 5.91 Å². The number of aromatic nitrogens is 3. The molecule has 0 aliphatic rings. The van der Waals surface area contributed by atoms with Crippen molar-refractivity contribution in [2.75, 3.05) is 11.4 Å². The number of imidazole rings is 1. The van der Waals surface area contributed by atoms with E-state index >= 15 is 0 Å². The van der Waals surface area contributed by atoms with E-state index in [1.54, 1.807) is 17.4 Å². The molecule has 1 aromatic carbocycles. The Kier molecular flexibility index (Phi) is 5.24. The van der Waals surface area contributed by atoms with Crippen LogP contribution in [0.15, 0.2) is 48.4 Å². The molecule has 27 heavy (non-hydrogen) atoms. The number of hydrogen-bond acceptors (Lipinski definition) is 5. The lowest BCUT2D eigenvalue weighted by Gasteiger charge is -2.19. The maximum absolute atomic E-state index is 13.1. The summed E-state index contributed by atoms with van der Waals surface area (Å²) in [6, 6.07) is 7.59. The summed E-state index contributed by atoms with van der Waals surface area (Å²) in [5.41, 5.74) is 1.81. The maximum atomic E-state index is 13.1. The number of hydrogen-bond donors (Lipinski definition) is 0. The van der Waals surface area contributed by atoms with Gasteiger partial charge in [-0.25, -0.2) is 9.97 Å². The summed E-state index contributed by atoms with van der Waals surface area (Å²) >= 11 is 9.21. The second kappa shape index (κ2) is 7.80. The lowest BCUT2D eigenvalue weighted by atomic mass is 10.2. The van der Waals surface area contributed by atoms with Crippen LogP contribution < -0.4 is 4.90 Å². The molecule has 1 amide bonds. The van der Waals surface area contributed by atoms with Crippen molar-refractivity contribution in [1.29, 1.82) is 0 Å². The quantitative estimate of drug-likeness (QED) is 0.431. The van der Waals surface area contributed by atoms with Crippen LogP contribution in [0.1, 0.15) is 21.7 Å².